The summed E-state index contributed by atoms with van der Waals surface area (Å²) in [5.74, 6) is -0.176. The summed E-state index contributed by atoms with van der Waals surface area (Å²) in [5, 5.41) is 19.8. The van der Waals surface area contributed by atoms with Gasteiger partial charge in [-0.25, -0.2) is 0 Å². The Morgan fingerprint density at radius 3 is 1.81 bits per heavy atom. The average Bonchev–Trinajstić information content (AvgIpc) is 4.04. The SMILES string of the molecule is O=C(Nc1ccc(N2CCN(C(=O)c3ccccc3C(F)(F)F)CC2)nn1)C1CC1c1ccccc1.O=C(O)C1CC1c1ccccc1. The van der Waals surface area contributed by atoms with Crippen LogP contribution < -0.4 is 10.2 Å². The van der Waals surface area contributed by atoms with Crippen LogP contribution in [0.2, 0.25) is 0 Å². The van der Waals surface area contributed by atoms with E-state index in [-0.39, 0.29) is 48.2 Å². The predicted octanol–water partition coefficient (Wildman–Crippen LogP) is 6.07. The van der Waals surface area contributed by atoms with Crippen molar-refractivity contribution in [3.8, 4) is 0 Å². The second-order valence-electron chi connectivity index (χ2n) is 12.1. The minimum atomic E-state index is -4.59. The number of carbonyl (C=O) groups excluding carboxylic acids is 2. The molecule has 0 spiro atoms. The third-order valence-corrected chi connectivity index (χ3v) is 8.95. The number of piperazine rings is 1. The van der Waals surface area contributed by atoms with Crippen molar-refractivity contribution in [3.05, 3.63) is 119 Å². The predicted molar refractivity (Wildman–Crippen MR) is 172 cm³/mol. The van der Waals surface area contributed by atoms with Crippen LogP contribution in [-0.2, 0) is 15.8 Å². The van der Waals surface area contributed by atoms with E-state index in [1.807, 2.05) is 65.6 Å². The van der Waals surface area contributed by atoms with Gasteiger partial charge in [-0.15, -0.1) is 10.2 Å². The summed E-state index contributed by atoms with van der Waals surface area (Å²) in [4.78, 5) is 39.2. The maximum Gasteiger partial charge on any atom is 0.417 e. The first kappa shape index (κ1) is 32.7. The minimum absolute atomic E-state index is 0.0815. The number of nitrogens with one attached hydrogen (secondary N) is 1. The lowest BCUT2D eigenvalue weighted by Gasteiger charge is -2.35. The van der Waals surface area contributed by atoms with Gasteiger partial charge in [-0.05, 0) is 60.1 Å². The number of hydrogen-bond donors (Lipinski definition) is 2. The Morgan fingerprint density at radius 1 is 0.708 bits per heavy atom. The van der Waals surface area contributed by atoms with Crippen molar-refractivity contribution in [2.75, 3.05) is 36.4 Å². The van der Waals surface area contributed by atoms with Gasteiger partial charge in [0.25, 0.3) is 5.91 Å². The number of halogens is 3. The van der Waals surface area contributed by atoms with Gasteiger partial charge in [-0.3, -0.25) is 14.4 Å². The van der Waals surface area contributed by atoms with Crippen molar-refractivity contribution in [1.29, 1.82) is 0 Å². The summed E-state index contributed by atoms with van der Waals surface area (Å²) < 4.78 is 39.9. The zero-order chi connectivity index (χ0) is 33.8. The molecule has 3 aliphatic rings. The highest BCUT2D eigenvalue weighted by Crippen LogP contribution is 2.48. The lowest BCUT2D eigenvalue weighted by molar-refractivity contribution is -0.139. The molecule has 4 unspecified atom stereocenters. The van der Waals surface area contributed by atoms with Crippen molar-refractivity contribution in [2.45, 2.75) is 30.9 Å². The smallest absolute Gasteiger partial charge is 0.417 e. The summed E-state index contributed by atoms with van der Waals surface area (Å²) >= 11 is 0. The van der Waals surface area contributed by atoms with Crippen LogP contribution in [0.15, 0.2) is 97.1 Å². The maximum atomic E-state index is 13.3. The molecule has 2 amide bonds. The number of carbonyl (C=O) groups is 3. The molecule has 2 aliphatic carbocycles. The van der Waals surface area contributed by atoms with E-state index in [0.717, 1.165) is 30.0 Å². The first-order chi connectivity index (χ1) is 23.1. The number of aromatic nitrogens is 2. The third-order valence-electron chi connectivity index (χ3n) is 8.95. The molecule has 3 fully saturated rings. The van der Waals surface area contributed by atoms with Crippen LogP contribution in [0.3, 0.4) is 0 Å². The second kappa shape index (κ2) is 13.8. The molecule has 9 nitrogen and oxygen atoms in total. The summed E-state index contributed by atoms with van der Waals surface area (Å²) in [7, 11) is 0. The standard InChI is InChI=1S/C26H24F3N5O2.C10H10O2/c27-26(28,29)21-9-5-4-8-18(21)25(36)34-14-12-33(13-15-34)23-11-10-22(31-32-23)30-24(35)20-16-19(20)17-6-2-1-3-7-17;11-10(12)9-6-8(9)7-4-2-1-3-5-7/h1-11,19-20H,12-16H2,(H,30,31,35);1-5,8-9H,6H2,(H,11,12). The maximum absolute atomic E-state index is 13.3. The molecule has 1 saturated heterocycles. The Bertz CT molecular complexity index is 1750. The quantitative estimate of drug-likeness (QED) is 0.248. The Morgan fingerprint density at radius 2 is 1.27 bits per heavy atom. The number of aliphatic carboxylic acids is 1. The number of carboxylic acid groups (broad SMARTS) is 1. The number of nitrogens with zero attached hydrogens (tertiary/aromatic N) is 4. The molecule has 0 bridgehead atoms. The van der Waals surface area contributed by atoms with E-state index in [9.17, 15) is 27.6 Å². The van der Waals surface area contributed by atoms with Crippen LogP contribution in [0.25, 0.3) is 0 Å². The number of rotatable bonds is 7. The number of anilines is 2. The largest absolute Gasteiger partial charge is 0.481 e. The molecule has 2 saturated carbocycles. The summed E-state index contributed by atoms with van der Waals surface area (Å²) in [5.41, 5.74) is 1.04. The zero-order valence-electron chi connectivity index (χ0n) is 25.9. The van der Waals surface area contributed by atoms with Gasteiger partial charge in [-0.2, -0.15) is 13.2 Å². The lowest BCUT2D eigenvalue weighted by Crippen LogP contribution is -2.49. The van der Waals surface area contributed by atoms with Crippen molar-refractivity contribution >= 4 is 29.4 Å². The van der Waals surface area contributed by atoms with Gasteiger partial charge in [0.05, 0.1) is 17.0 Å². The number of benzene rings is 3. The molecule has 0 radical (unpaired) electrons. The fourth-order valence-electron chi connectivity index (χ4n) is 6.10. The van der Waals surface area contributed by atoms with E-state index in [2.05, 4.69) is 15.5 Å². The first-order valence-corrected chi connectivity index (χ1v) is 15.8. The number of carboxylic acids is 1. The van der Waals surface area contributed by atoms with Gasteiger partial charge in [0, 0.05) is 32.1 Å². The highest BCUT2D eigenvalue weighted by Gasteiger charge is 2.44. The van der Waals surface area contributed by atoms with Gasteiger partial charge in [0.2, 0.25) is 5.91 Å². The molecule has 248 valence electrons. The highest BCUT2D eigenvalue weighted by atomic mass is 19.4. The average molecular weight is 658 g/mol. The van der Waals surface area contributed by atoms with Gasteiger partial charge < -0.3 is 20.2 Å². The Balaban J connectivity index is 0.000000280. The number of amides is 2. The summed E-state index contributed by atoms with van der Waals surface area (Å²) in [6, 6.07) is 28.0. The molecule has 1 aromatic heterocycles. The molecule has 2 N–H and O–H groups in total. The van der Waals surface area contributed by atoms with Crippen LogP contribution in [-0.4, -0.2) is 64.2 Å². The van der Waals surface area contributed by atoms with Gasteiger partial charge in [0.15, 0.2) is 11.6 Å². The monoisotopic (exact) mass is 657 g/mol. The van der Waals surface area contributed by atoms with Gasteiger partial charge >= 0.3 is 12.1 Å². The number of hydrogen-bond acceptors (Lipinski definition) is 6. The minimum Gasteiger partial charge on any atom is -0.481 e. The molecular formula is C36H34F3N5O4. The molecule has 48 heavy (non-hydrogen) atoms. The van der Waals surface area contributed by atoms with Crippen molar-refractivity contribution < 1.29 is 32.7 Å². The van der Waals surface area contributed by atoms with E-state index in [4.69, 9.17) is 5.11 Å². The van der Waals surface area contributed by atoms with Gasteiger partial charge in [0.1, 0.15) is 0 Å². The molecule has 2 heterocycles. The highest BCUT2D eigenvalue weighted by molar-refractivity contribution is 5.96. The van der Waals surface area contributed by atoms with E-state index >= 15 is 0 Å². The van der Waals surface area contributed by atoms with Crippen LogP contribution >= 0.6 is 0 Å². The van der Waals surface area contributed by atoms with Gasteiger partial charge in [-0.1, -0.05) is 72.8 Å². The van der Waals surface area contributed by atoms with Crippen molar-refractivity contribution in [3.63, 3.8) is 0 Å². The molecule has 3 aromatic carbocycles. The Labute approximate surface area is 275 Å². The fourth-order valence-corrected chi connectivity index (χ4v) is 6.10. The van der Waals surface area contributed by atoms with Crippen LogP contribution in [0.5, 0.6) is 0 Å². The van der Waals surface area contributed by atoms with E-state index in [1.54, 1.807) is 12.1 Å². The fraction of sp³-hybridized carbons (Fsp3) is 0.306. The normalized spacial score (nSPS) is 21.4. The van der Waals surface area contributed by atoms with E-state index in [1.165, 1.54) is 23.1 Å². The number of alkyl halides is 3. The summed E-state index contributed by atoms with van der Waals surface area (Å²) in [6.45, 7) is 1.32. The first-order valence-electron chi connectivity index (χ1n) is 15.8. The molecule has 4 atom stereocenters. The van der Waals surface area contributed by atoms with Crippen LogP contribution in [0.4, 0.5) is 24.8 Å². The molecular weight excluding hydrogens is 623 g/mol. The molecule has 7 rings (SSSR count). The summed E-state index contributed by atoms with van der Waals surface area (Å²) in [6.07, 6.45) is -2.99. The van der Waals surface area contributed by atoms with Crippen LogP contribution in [0, 0.1) is 11.8 Å². The lowest BCUT2D eigenvalue weighted by atomic mass is 10.1. The zero-order valence-corrected chi connectivity index (χ0v) is 25.9. The van der Waals surface area contributed by atoms with E-state index in [0.29, 0.717) is 24.7 Å². The third kappa shape index (κ3) is 7.64. The molecule has 4 aromatic rings. The second-order valence-corrected chi connectivity index (χ2v) is 12.1. The topological polar surface area (TPSA) is 116 Å². The van der Waals surface area contributed by atoms with E-state index < -0.39 is 23.6 Å². The Kier molecular flexibility index (Phi) is 9.42. The molecule has 1 aliphatic heterocycles. The van der Waals surface area contributed by atoms with Crippen LogP contribution in [0.1, 0.15) is 51.7 Å². The van der Waals surface area contributed by atoms with Crippen molar-refractivity contribution in [2.24, 2.45) is 11.8 Å². The molecule has 12 heteroatoms. The Hall–Kier alpha value is -5.26. The van der Waals surface area contributed by atoms with Crippen molar-refractivity contribution in [1.82, 2.24) is 15.1 Å².